The van der Waals surface area contributed by atoms with Gasteiger partial charge in [0.2, 0.25) is 10.0 Å². The van der Waals surface area contributed by atoms with E-state index in [4.69, 9.17) is 4.52 Å². The van der Waals surface area contributed by atoms with Crippen molar-refractivity contribution in [1.82, 2.24) is 5.16 Å². The monoisotopic (exact) mass is 459 g/mol. The fourth-order valence-electron chi connectivity index (χ4n) is 2.96. The van der Waals surface area contributed by atoms with Gasteiger partial charge in [-0.15, -0.1) is 11.8 Å². The van der Waals surface area contributed by atoms with Crippen LogP contribution in [0.2, 0.25) is 0 Å². The largest absolute Gasteiger partial charge is 0.361 e. The van der Waals surface area contributed by atoms with Crippen molar-refractivity contribution in [3.05, 3.63) is 71.1 Å². The quantitative estimate of drug-likeness (QED) is 0.437. The first-order valence-corrected chi connectivity index (χ1v) is 12.5. The fourth-order valence-corrected chi connectivity index (χ4v) is 5.30. The number of sulfonamides is 1. The van der Waals surface area contributed by atoms with Crippen LogP contribution in [0.4, 0.5) is 11.4 Å². The lowest BCUT2D eigenvalue weighted by Gasteiger charge is -2.11. The van der Waals surface area contributed by atoms with Gasteiger partial charge in [-0.2, -0.15) is 0 Å². The van der Waals surface area contributed by atoms with Crippen LogP contribution in [0.15, 0.2) is 57.9 Å². The molecule has 1 aromatic heterocycles. The Morgan fingerprint density at radius 3 is 2.39 bits per heavy atom. The summed E-state index contributed by atoms with van der Waals surface area (Å²) < 4.78 is 31.5. The van der Waals surface area contributed by atoms with Gasteiger partial charge in [0.25, 0.3) is 5.91 Å². The average Bonchev–Trinajstić information content (AvgIpc) is 3.05. The molecule has 0 saturated carbocycles. The summed E-state index contributed by atoms with van der Waals surface area (Å²) >= 11 is 1.55. The summed E-state index contributed by atoms with van der Waals surface area (Å²) in [5.74, 6) is 1.26. The molecule has 0 fully saturated rings. The first-order chi connectivity index (χ1) is 14.8. The van der Waals surface area contributed by atoms with Crippen LogP contribution < -0.4 is 10.0 Å². The number of carbonyl (C=O) groups is 1. The zero-order valence-corrected chi connectivity index (χ0v) is 19.3. The van der Waals surface area contributed by atoms with Crippen LogP contribution in [0.5, 0.6) is 0 Å². The number of aryl methyl sites for hydroxylation is 2. The molecule has 0 saturated heterocycles. The zero-order chi connectivity index (χ0) is 22.4. The molecule has 0 spiro atoms. The topological polar surface area (TPSA) is 101 Å². The van der Waals surface area contributed by atoms with Gasteiger partial charge in [-0.3, -0.25) is 9.52 Å². The van der Waals surface area contributed by atoms with Crippen molar-refractivity contribution in [2.24, 2.45) is 0 Å². The van der Waals surface area contributed by atoms with Crippen LogP contribution in [0.3, 0.4) is 0 Å². The Morgan fingerprint density at radius 1 is 1.06 bits per heavy atom. The van der Waals surface area contributed by atoms with Gasteiger partial charge in [0.05, 0.1) is 17.0 Å². The van der Waals surface area contributed by atoms with Crippen LogP contribution in [0, 0.1) is 13.8 Å². The van der Waals surface area contributed by atoms with E-state index in [-0.39, 0.29) is 11.7 Å². The summed E-state index contributed by atoms with van der Waals surface area (Å²) in [5.41, 5.74) is 3.48. The van der Waals surface area contributed by atoms with Gasteiger partial charge in [0.1, 0.15) is 5.76 Å². The lowest BCUT2D eigenvalue weighted by Crippen LogP contribution is -2.16. The summed E-state index contributed by atoms with van der Waals surface area (Å²) in [6.45, 7) is 5.58. The first kappa shape index (κ1) is 22.9. The third kappa shape index (κ3) is 6.11. The molecule has 1 amide bonds. The van der Waals surface area contributed by atoms with E-state index < -0.39 is 10.0 Å². The second kappa shape index (κ2) is 10.0. The molecule has 7 nitrogen and oxygen atoms in total. The smallest absolute Gasteiger partial charge is 0.256 e. The molecule has 3 aromatic rings. The van der Waals surface area contributed by atoms with Gasteiger partial charge < -0.3 is 9.84 Å². The molecule has 0 aliphatic heterocycles. The molecule has 1 heterocycles. The predicted molar refractivity (Wildman–Crippen MR) is 124 cm³/mol. The minimum Gasteiger partial charge on any atom is -0.361 e. The van der Waals surface area contributed by atoms with Gasteiger partial charge in [-0.25, -0.2) is 8.42 Å². The van der Waals surface area contributed by atoms with E-state index in [1.165, 1.54) is 0 Å². The molecule has 9 heteroatoms. The number of nitrogens with zero attached hydrogens (tertiary/aromatic N) is 1. The second-order valence-corrected chi connectivity index (χ2v) is 9.90. The molecule has 0 bridgehead atoms. The van der Waals surface area contributed by atoms with Crippen LogP contribution in [0.1, 0.15) is 40.7 Å². The van der Waals surface area contributed by atoms with Crippen molar-refractivity contribution < 1.29 is 17.7 Å². The van der Waals surface area contributed by atoms with Gasteiger partial charge in [-0.05, 0) is 56.7 Å². The van der Waals surface area contributed by atoms with E-state index in [0.29, 0.717) is 29.1 Å². The lowest BCUT2D eigenvalue weighted by molar-refractivity contribution is 0.102. The highest BCUT2D eigenvalue weighted by molar-refractivity contribution is 7.98. The van der Waals surface area contributed by atoms with Crippen molar-refractivity contribution in [2.75, 3.05) is 15.8 Å². The normalized spacial score (nSPS) is 11.3. The van der Waals surface area contributed by atoms with Crippen LogP contribution >= 0.6 is 11.8 Å². The maximum Gasteiger partial charge on any atom is 0.256 e. The Balaban J connectivity index is 1.68. The van der Waals surface area contributed by atoms with Crippen LogP contribution in [-0.2, 0) is 15.8 Å². The summed E-state index contributed by atoms with van der Waals surface area (Å²) in [7, 11) is -3.35. The van der Waals surface area contributed by atoms with Crippen molar-refractivity contribution in [3.63, 3.8) is 0 Å². The average molecular weight is 460 g/mol. The second-order valence-electron chi connectivity index (χ2n) is 7.04. The maximum absolute atomic E-state index is 12.9. The Morgan fingerprint density at radius 2 is 1.74 bits per heavy atom. The van der Waals surface area contributed by atoms with Crippen molar-refractivity contribution >= 4 is 39.1 Å². The van der Waals surface area contributed by atoms with E-state index in [2.05, 4.69) is 15.2 Å². The van der Waals surface area contributed by atoms with E-state index in [1.807, 2.05) is 39.0 Å². The summed E-state index contributed by atoms with van der Waals surface area (Å²) in [5, 5.41) is 6.84. The predicted octanol–water partition coefficient (Wildman–Crippen LogP) is 4.99. The van der Waals surface area contributed by atoms with E-state index in [1.54, 1.807) is 42.1 Å². The number of amides is 1. The van der Waals surface area contributed by atoms with Crippen molar-refractivity contribution in [1.29, 1.82) is 0 Å². The highest BCUT2D eigenvalue weighted by Gasteiger charge is 2.15. The molecule has 2 N–H and O–H groups in total. The fraction of sp³-hybridized carbons (Fsp3) is 0.273. The van der Waals surface area contributed by atoms with Crippen LogP contribution in [-0.4, -0.2) is 25.2 Å². The number of hydrogen-bond donors (Lipinski definition) is 2. The molecule has 0 unspecified atom stereocenters. The summed E-state index contributed by atoms with van der Waals surface area (Å²) in [4.78, 5) is 13.7. The molecular weight excluding hydrogens is 434 g/mol. The van der Waals surface area contributed by atoms with Gasteiger partial charge in [-0.1, -0.05) is 24.2 Å². The molecule has 3 rings (SSSR count). The highest BCUT2D eigenvalue weighted by atomic mass is 32.2. The van der Waals surface area contributed by atoms with Crippen LogP contribution in [0.25, 0.3) is 0 Å². The molecule has 0 radical (unpaired) electrons. The molecule has 0 atom stereocenters. The number of aromatic nitrogens is 1. The van der Waals surface area contributed by atoms with Gasteiger partial charge >= 0.3 is 0 Å². The molecular formula is C22H25N3O4S2. The Bertz CT molecular complexity index is 1140. The SMILES string of the molecule is CCCS(=O)(=O)Nc1ccc(NC(=O)c2ccccc2SCc2c(C)noc2C)cc1. The first-order valence-electron chi connectivity index (χ1n) is 9.84. The molecule has 0 aliphatic rings. The molecule has 31 heavy (non-hydrogen) atoms. The van der Waals surface area contributed by atoms with E-state index in [9.17, 15) is 13.2 Å². The van der Waals surface area contributed by atoms with Gasteiger partial charge in [0.15, 0.2) is 0 Å². The minimum atomic E-state index is -3.35. The highest BCUT2D eigenvalue weighted by Crippen LogP contribution is 2.29. The number of anilines is 2. The van der Waals surface area contributed by atoms with E-state index >= 15 is 0 Å². The number of rotatable bonds is 9. The lowest BCUT2D eigenvalue weighted by atomic mass is 10.2. The van der Waals surface area contributed by atoms with Crippen molar-refractivity contribution in [2.45, 2.75) is 37.8 Å². The summed E-state index contributed by atoms with van der Waals surface area (Å²) in [6, 6.07) is 14.0. The standard InChI is InChI=1S/C22H25N3O4S2/c1-4-13-31(27,28)25-18-11-9-17(10-12-18)23-22(26)19-7-5-6-8-21(19)30-14-20-15(2)24-29-16(20)3/h5-12,25H,4,13-14H2,1-3H3,(H,23,26). The Labute approximate surface area is 186 Å². The number of carbonyl (C=O) groups excluding carboxylic acids is 1. The number of hydrogen-bond acceptors (Lipinski definition) is 6. The number of nitrogens with one attached hydrogen (secondary N) is 2. The molecule has 164 valence electrons. The maximum atomic E-state index is 12.9. The third-order valence-electron chi connectivity index (χ3n) is 4.57. The molecule has 0 aliphatic carbocycles. The number of thioether (sulfide) groups is 1. The number of benzene rings is 2. The van der Waals surface area contributed by atoms with Gasteiger partial charge in [0, 0.05) is 27.6 Å². The van der Waals surface area contributed by atoms with E-state index in [0.717, 1.165) is 21.9 Å². The van der Waals surface area contributed by atoms with Crippen molar-refractivity contribution in [3.8, 4) is 0 Å². The third-order valence-corrected chi connectivity index (χ3v) is 7.17. The zero-order valence-electron chi connectivity index (χ0n) is 17.6. The molecule has 2 aromatic carbocycles. The minimum absolute atomic E-state index is 0.0634. The summed E-state index contributed by atoms with van der Waals surface area (Å²) in [6.07, 6.45) is 0.539. The Hall–Kier alpha value is -2.78. The Kier molecular flexibility index (Phi) is 7.40.